The van der Waals surface area contributed by atoms with E-state index in [0.717, 1.165) is 68.7 Å². The van der Waals surface area contributed by atoms with Crippen molar-refractivity contribution in [3.8, 4) is 11.1 Å². The number of benzene rings is 2. The fraction of sp³-hybridized carbons (Fsp3) is 0.548. The third-order valence-electron chi connectivity index (χ3n) is 8.75. The molecule has 3 aliphatic rings. The second-order valence-electron chi connectivity index (χ2n) is 11.4. The van der Waals surface area contributed by atoms with Crippen molar-refractivity contribution < 1.29 is 9.59 Å². The standard InChI is InChI=1S/C31H39Cl2N3O2/c1-21(2)34-14-16-35(17-15-34)30(37)23-10-8-22(9-11-23)25-19-28(32)27(29(33)20-25)18-24-12-13-36(31(24)38)26-6-4-3-5-7-26/h8-11,19-21,24,26H,3-7,12-18H2,1-2H3. The van der Waals surface area contributed by atoms with Crippen LogP contribution in [0.15, 0.2) is 36.4 Å². The summed E-state index contributed by atoms with van der Waals surface area (Å²) in [5.74, 6) is 0.291. The molecule has 0 N–H and O–H groups in total. The maximum absolute atomic E-state index is 13.2. The monoisotopic (exact) mass is 555 g/mol. The molecule has 1 atom stereocenters. The lowest BCUT2D eigenvalue weighted by Gasteiger charge is -2.37. The first-order chi connectivity index (χ1) is 18.3. The van der Waals surface area contributed by atoms with Gasteiger partial charge in [-0.25, -0.2) is 0 Å². The molecule has 38 heavy (non-hydrogen) atoms. The first kappa shape index (κ1) is 27.5. The zero-order chi connectivity index (χ0) is 26.8. The summed E-state index contributed by atoms with van der Waals surface area (Å²) in [6.07, 6.45) is 7.45. The Morgan fingerprint density at radius 3 is 2.11 bits per heavy atom. The van der Waals surface area contributed by atoms with Crippen LogP contribution in [0.4, 0.5) is 0 Å². The molecule has 1 saturated carbocycles. The number of likely N-dealkylation sites (tertiary alicyclic amines) is 1. The molecule has 2 aromatic rings. The van der Waals surface area contributed by atoms with Gasteiger partial charge in [0.05, 0.1) is 0 Å². The lowest BCUT2D eigenvalue weighted by Crippen LogP contribution is -2.50. The Hall–Kier alpha value is -2.08. The molecule has 3 fully saturated rings. The Morgan fingerprint density at radius 1 is 0.868 bits per heavy atom. The van der Waals surface area contributed by atoms with Crippen LogP contribution in [0, 0.1) is 5.92 Å². The van der Waals surface area contributed by atoms with Gasteiger partial charge in [0, 0.05) is 66.3 Å². The molecule has 0 bridgehead atoms. The van der Waals surface area contributed by atoms with Crippen LogP contribution in [0.2, 0.25) is 10.0 Å². The molecule has 0 spiro atoms. The van der Waals surface area contributed by atoms with Gasteiger partial charge in [0.15, 0.2) is 0 Å². The van der Waals surface area contributed by atoms with Crippen LogP contribution in [-0.4, -0.2) is 71.3 Å². The average Bonchev–Trinajstić information content (AvgIpc) is 3.30. The van der Waals surface area contributed by atoms with E-state index in [0.29, 0.717) is 34.1 Å². The summed E-state index contributed by atoms with van der Waals surface area (Å²) in [7, 11) is 0. The van der Waals surface area contributed by atoms with Crippen molar-refractivity contribution in [2.75, 3.05) is 32.7 Å². The van der Waals surface area contributed by atoms with E-state index in [1.807, 2.05) is 41.3 Å². The Labute approximate surface area is 237 Å². The topological polar surface area (TPSA) is 43.9 Å². The van der Waals surface area contributed by atoms with Crippen molar-refractivity contribution in [3.63, 3.8) is 0 Å². The van der Waals surface area contributed by atoms with Crippen molar-refractivity contribution in [2.45, 2.75) is 70.9 Å². The van der Waals surface area contributed by atoms with Crippen LogP contribution in [0.1, 0.15) is 68.3 Å². The van der Waals surface area contributed by atoms with E-state index in [9.17, 15) is 9.59 Å². The van der Waals surface area contributed by atoms with Gasteiger partial charge < -0.3 is 9.80 Å². The van der Waals surface area contributed by atoms with Crippen molar-refractivity contribution in [1.29, 1.82) is 0 Å². The maximum atomic E-state index is 13.2. The Kier molecular flexibility index (Phi) is 8.66. The van der Waals surface area contributed by atoms with Gasteiger partial charge in [0.2, 0.25) is 5.91 Å². The summed E-state index contributed by atoms with van der Waals surface area (Å²) in [6, 6.07) is 12.5. The molecule has 2 saturated heterocycles. The molecule has 7 heteroatoms. The number of amides is 2. The van der Waals surface area contributed by atoms with Crippen molar-refractivity contribution >= 4 is 35.0 Å². The summed E-state index contributed by atoms with van der Waals surface area (Å²) in [5.41, 5.74) is 3.42. The van der Waals surface area contributed by atoms with Gasteiger partial charge in [-0.15, -0.1) is 0 Å². The maximum Gasteiger partial charge on any atom is 0.253 e. The van der Waals surface area contributed by atoms with Gasteiger partial charge in [0.1, 0.15) is 0 Å². The summed E-state index contributed by atoms with van der Waals surface area (Å²) >= 11 is 13.5. The number of halogens is 2. The fourth-order valence-electron chi connectivity index (χ4n) is 6.35. The van der Waals surface area contributed by atoms with Crippen LogP contribution in [0.5, 0.6) is 0 Å². The molecule has 2 aromatic carbocycles. The highest BCUT2D eigenvalue weighted by Gasteiger charge is 2.36. The van der Waals surface area contributed by atoms with Crippen LogP contribution in [0.3, 0.4) is 0 Å². The van der Waals surface area contributed by atoms with Crippen LogP contribution >= 0.6 is 23.2 Å². The van der Waals surface area contributed by atoms with Gasteiger partial charge in [0.25, 0.3) is 5.91 Å². The lowest BCUT2D eigenvalue weighted by molar-refractivity contribution is -0.133. The van der Waals surface area contributed by atoms with Gasteiger partial charge in [-0.05, 0) is 80.5 Å². The van der Waals surface area contributed by atoms with Crippen molar-refractivity contribution in [2.24, 2.45) is 5.92 Å². The van der Waals surface area contributed by atoms with Gasteiger partial charge in [-0.3, -0.25) is 14.5 Å². The largest absolute Gasteiger partial charge is 0.339 e. The van der Waals surface area contributed by atoms with E-state index < -0.39 is 0 Å². The highest BCUT2D eigenvalue weighted by molar-refractivity contribution is 6.36. The third kappa shape index (κ3) is 5.90. The highest BCUT2D eigenvalue weighted by Crippen LogP contribution is 2.36. The quantitative estimate of drug-likeness (QED) is 0.405. The minimum atomic E-state index is -0.0505. The van der Waals surface area contributed by atoms with Crippen LogP contribution in [-0.2, 0) is 11.2 Å². The first-order valence-corrected chi connectivity index (χ1v) is 15.0. The molecule has 2 heterocycles. The van der Waals surface area contributed by atoms with E-state index >= 15 is 0 Å². The molecular weight excluding hydrogens is 517 g/mol. The number of carbonyl (C=O) groups is 2. The van der Waals surface area contributed by atoms with Crippen LogP contribution in [0.25, 0.3) is 11.1 Å². The zero-order valence-electron chi connectivity index (χ0n) is 22.6. The van der Waals surface area contributed by atoms with E-state index in [2.05, 4.69) is 23.6 Å². The Balaban J connectivity index is 1.24. The number of rotatable bonds is 6. The Bertz CT molecular complexity index is 1130. The van der Waals surface area contributed by atoms with E-state index in [-0.39, 0.29) is 17.7 Å². The molecule has 5 rings (SSSR count). The van der Waals surface area contributed by atoms with Crippen LogP contribution < -0.4 is 0 Å². The second kappa shape index (κ2) is 12.0. The molecule has 204 valence electrons. The number of hydrogen-bond acceptors (Lipinski definition) is 3. The summed E-state index contributed by atoms with van der Waals surface area (Å²) in [4.78, 5) is 32.7. The van der Waals surface area contributed by atoms with Gasteiger partial charge >= 0.3 is 0 Å². The zero-order valence-corrected chi connectivity index (χ0v) is 24.1. The number of piperazine rings is 1. The third-order valence-corrected chi connectivity index (χ3v) is 9.43. The highest BCUT2D eigenvalue weighted by atomic mass is 35.5. The summed E-state index contributed by atoms with van der Waals surface area (Å²) < 4.78 is 0. The molecule has 2 amide bonds. The SMILES string of the molecule is CC(C)N1CCN(C(=O)c2ccc(-c3cc(Cl)c(CC4CCN(C5CCCCC5)C4=O)c(Cl)c3)cc2)CC1. The van der Waals surface area contributed by atoms with E-state index in [1.165, 1.54) is 19.3 Å². The predicted molar refractivity (Wildman–Crippen MR) is 155 cm³/mol. The molecular formula is C31H39Cl2N3O2. The first-order valence-electron chi connectivity index (χ1n) is 14.2. The normalized spacial score (nSPS) is 21.5. The molecule has 0 radical (unpaired) electrons. The summed E-state index contributed by atoms with van der Waals surface area (Å²) in [6.45, 7) is 8.58. The van der Waals surface area contributed by atoms with Crippen molar-refractivity contribution in [1.82, 2.24) is 14.7 Å². The molecule has 1 unspecified atom stereocenters. The van der Waals surface area contributed by atoms with Crippen molar-refractivity contribution in [3.05, 3.63) is 57.6 Å². The lowest BCUT2D eigenvalue weighted by atomic mass is 9.93. The summed E-state index contributed by atoms with van der Waals surface area (Å²) in [5, 5.41) is 1.19. The number of nitrogens with zero attached hydrogens (tertiary/aromatic N) is 3. The molecule has 5 nitrogen and oxygen atoms in total. The van der Waals surface area contributed by atoms with Gasteiger partial charge in [-0.2, -0.15) is 0 Å². The molecule has 2 aliphatic heterocycles. The molecule has 0 aromatic heterocycles. The van der Waals surface area contributed by atoms with E-state index in [4.69, 9.17) is 23.2 Å². The predicted octanol–water partition coefficient (Wildman–Crippen LogP) is 6.55. The number of hydrogen-bond donors (Lipinski definition) is 0. The smallest absolute Gasteiger partial charge is 0.253 e. The second-order valence-corrected chi connectivity index (χ2v) is 12.2. The minimum absolute atomic E-state index is 0.0505. The fourth-order valence-corrected chi connectivity index (χ4v) is 6.99. The number of carbonyl (C=O) groups excluding carboxylic acids is 2. The molecule has 1 aliphatic carbocycles. The van der Waals surface area contributed by atoms with E-state index in [1.54, 1.807) is 0 Å². The average molecular weight is 557 g/mol. The minimum Gasteiger partial charge on any atom is -0.339 e. The Morgan fingerprint density at radius 2 is 1.50 bits per heavy atom. The van der Waals surface area contributed by atoms with Gasteiger partial charge in [-0.1, -0.05) is 54.6 Å².